The van der Waals surface area contributed by atoms with E-state index in [0.29, 0.717) is 4.47 Å². The van der Waals surface area contributed by atoms with Crippen LogP contribution in [0.25, 0.3) is 0 Å². The Morgan fingerprint density at radius 2 is 1.86 bits per heavy atom. The minimum Gasteiger partial charge on any atom is -0.323 e. The van der Waals surface area contributed by atoms with Gasteiger partial charge in [0.15, 0.2) is 0 Å². The Bertz CT molecular complexity index is 316. The molecule has 3 N–H and O–H groups in total. The molecule has 0 fully saturated rings. The van der Waals surface area contributed by atoms with Crippen LogP contribution in [-0.4, -0.2) is 0 Å². The third-order valence-corrected chi connectivity index (χ3v) is 2.14. The van der Waals surface area contributed by atoms with Gasteiger partial charge in [0.05, 0.1) is 11.3 Å². The minimum atomic E-state index is -4.34. The fourth-order valence-corrected chi connectivity index (χ4v) is 1.17. The molecule has 0 aliphatic heterocycles. The zero-order chi connectivity index (χ0) is 10.1. The van der Waals surface area contributed by atoms with Crippen molar-refractivity contribution in [1.82, 2.24) is 0 Å². The summed E-state index contributed by atoms with van der Waals surface area (Å²) in [6, 6.07) is 3.20. The molecule has 0 radical (unpaired) electrons. The Labute approximate surface area is 93.2 Å². The third kappa shape index (κ3) is 3.04. The van der Waals surface area contributed by atoms with Crippen LogP contribution in [0.4, 0.5) is 18.9 Å². The van der Waals surface area contributed by atoms with Crippen LogP contribution in [-0.2, 0) is 6.18 Å². The molecule has 14 heavy (non-hydrogen) atoms. The van der Waals surface area contributed by atoms with Crippen LogP contribution in [0, 0.1) is 0 Å². The lowest BCUT2D eigenvalue weighted by molar-refractivity contribution is -0.137. The maximum atomic E-state index is 12.2. The monoisotopic (exact) mass is 290 g/mol. The fraction of sp³-hybridized carbons (Fsp3) is 0.143. The van der Waals surface area contributed by atoms with Crippen molar-refractivity contribution in [3.63, 3.8) is 0 Å². The molecule has 0 unspecified atom stereocenters. The number of hydrazine groups is 1. The number of halogens is 5. The van der Waals surface area contributed by atoms with Crippen molar-refractivity contribution in [2.75, 3.05) is 5.43 Å². The van der Waals surface area contributed by atoms with E-state index in [-0.39, 0.29) is 18.1 Å². The average Bonchev–Trinajstić information content (AvgIpc) is 2.03. The summed E-state index contributed by atoms with van der Waals surface area (Å²) in [5.74, 6) is 5.02. The van der Waals surface area contributed by atoms with Crippen LogP contribution in [0.3, 0.4) is 0 Å². The summed E-state index contributed by atoms with van der Waals surface area (Å²) in [7, 11) is 0. The molecule has 0 bridgehead atoms. The van der Waals surface area contributed by atoms with Crippen LogP contribution in [0.1, 0.15) is 5.56 Å². The van der Waals surface area contributed by atoms with Gasteiger partial charge in [0.2, 0.25) is 0 Å². The second kappa shape index (κ2) is 4.86. The summed E-state index contributed by atoms with van der Waals surface area (Å²) in [5, 5.41) is 0. The van der Waals surface area contributed by atoms with E-state index < -0.39 is 11.7 Å². The van der Waals surface area contributed by atoms with E-state index in [1.165, 1.54) is 6.07 Å². The number of nitrogens with two attached hydrogens (primary N) is 1. The van der Waals surface area contributed by atoms with Gasteiger partial charge in [-0.3, -0.25) is 5.84 Å². The zero-order valence-electron chi connectivity index (χ0n) is 6.73. The normalized spacial score (nSPS) is 10.6. The highest BCUT2D eigenvalue weighted by atomic mass is 79.9. The zero-order valence-corrected chi connectivity index (χ0v) is 9.13. The summed E-state index contributed by atoms with van der Waals surface area (Å²) in [5.41, 5.74) is 1.63. The van der Waals surface area contributed by atoms with Gasteiger partial charge in [-0.15, -0.1) is 12.4 Å². The van der Waals surface area contributed by atoms with Gasteiger partial charge in [0.1, 0.15) is 0 Å². The van der Waals surface area contributed by atoms with Crippen LogP contribution >= 0.6 is 28.3 Å². The van der Waals surface area contributed by atoms with Gasteiger partial charge in [0, 0.05) is 4.47 Å². The van der Waals surface area contributed by atoms with E-state index in [4.69, 9.17) is 5.84 Å². The molecule has 0 saturated carbocycles. The van der Waals surface area contributed by atoms with Crippen molar-refractivity contribution in [2.45, 2.75) is 6.18 Å². The van der Waals surface area contributed by atoms with Crippen molar-refractivity contribution >= 4 is 34.0 Å². The molecule has 0 saturated heterocycles. The van der Waals surface area contributed by atoms with Gasteiger partial charge < -0.3 is 5.43 Å². The molecule has 80 valence electrons. The first kappa shape index (κ1) is 13.5. The molecule has 1 aromatic rings. The van der Waals surface area contributed by atoms with Crippen LogP contribution in [0.5, 0.6) is 0 Å². The number of benzene rings is 1. The predicted octanol–water partition coefficient (Wildman–Crippen LogP) is 3.18. The van der Waals surface area contributed by atoms with Crippen LogP contribution in [0.15, 0.2) is 22.7 Å². The molecular formula is C7H7BrClF3N2. The van der Waals surface area contributed by atoms with E-state index in [1.54, 1.807) is 0 Å². The van der Waals surface area contributed by atoms with Crippen molar-refractivity contribution < 1.29 is 13.2 Å². The highest BCUT2D eigenvalue weighted by Crippen LogP contribution is 2.33. The van der Waals surface area contributed by atoms with E-state index >= 15 is 0 Å². The molecule has 0 aliphatic rings. The first-order chi connectivity index (χ1) is 5.95. The highest BCUT2D eigenvalue weighted by Gasteiger charge is 2.30. The molecule has 0 amide bonds. The Morgan fingerprint density at radius 3 is 2.29 bits per heavy atom. The van der Waals surface area contributed by atoms with Gasteiger partial charge in [-0.2, -0.15) is 13.2 Å². The molecule has 0 spiro atoms. The Morgan fingerprint density at radius 1 is 1.29 bits per heavy atom. The van der Waals surface area contributed by atoms with E-state index in [0.717, 1.165) is 12.1 Å². The molecule has 1 aromatic carbocycles. The third-order valence-electron chi connectivity index (χ3n) is 1.45. The summed E-state index contributed by atoms with van der Waals surface area (Å²) < 4.78 is 36.9. The number of alkyl halides is 3. The molecular weight excluding hydrogens is 284 g/mol. The molecule has 0 heterocycles. The number of rotatable bonds is 1. The van der Waals surface area contributed by atoms with Gasteiger partial charge in [-0.05, 0) is 34.1 Å². The van der Waals surface area contributed by atoms with Crippen LogP contribution in [0.2, 0.25) is 0 Å². The maximum Gasteiger partial charge on any atom is 0.416 e. The number of hydrogen-bond donors (Lipinski definition) is 2. The lowest BCUT2D eigenvalue weighted by Gasteiger charge is -2.09. The largest absolute Gasteiger partial charge is 0.416 e. The van der Waals surface area contributed by atoms with E-state index in [2.05, 4.69) is 21.4 Å². The molecule has 2 nitrogen and oxygen atoms in total. The first-order valence-corrected chi connectivity index (χ1v) is 4.08. The number of anilines is 1. The number of nitrogen functional groups attached to an aromatic ring is 1. The van der Waals surface area contributed by atoms with Crippen molar-refractivity contribution in [2.24, 2.45) is 5.84 Å². The number of hydrogen-bond acceptors (Lipinski definition) is 2. The molecule has 0 atom stereocenters. The van der Waals surface area contributed by atoms with Crippen LogP contribution < -0.4 is 11.3 Å². The highest BCUT2D eigenvalue weighted by molar-refractivity contribution is 9.10. The Hall–Kier alpha value is -0.460. The SMILES string of the molecule is Cl.NNc1cc(C(F)(F)F)ccc1Br. The topological polar surface area (TPSA) is 38.0 Å². The first-order valence-electron chi connectivity index (χ1n) is 3.28. The summed E-state index contributed by atoms with van der Waals surface area (Å²) >= 11 is 3.05. The quantitative estimate of drug-likeness (QED) is 0.616. The number of nitrogens with one attached hydrogen (secondary N) is 1. The van der Waals surface area contributed by atoms with Crippen molar-refractivity contribution in [3.05, 3.63) is 28.2 Å². The molecule has 7 heteroatoms. The maximum absolute atomic E-state index is 12.2. The standard InChI is InChI=1S/C7H6BrF3N2.ClH/c8-5-2-1-4(7(9,10)11)3-6(5)13-12;/h1-3,13H,12H2;1H. The van der Waals surface area contributed by atoms with Crippen molar-refractivity contribution in [3.8, 4) is 0 Å². The Kier molecular flexibility index (Phi) is 4.70. The van der Waals surface area contributed by atoms with E-state index in [1.807, 2.05) is 0 Å². The van der Waals surface area contributed by atoms with Gasteiger partial charge >= 0.3 is 6.18 Å². The lowest BCUT2D eigenvalue weighted by Crippen LogP contribution is -2.10. The summed E-state index contributed by atoms with van der Waals surface area (Å²) in [6.45, 7) is 0. The second-order valence-electron chi connectivity index (χ2n) is 2.34. The minimum absolute atomic E-state index is 0. The molecule has 1 rings (SSSR count). The lowest BCUT2D eigenvalue weighted by atomic mass is 10.2. The Balaban J connectivity index is 0.00000169. The van der Waals surface area contributed by atoms with E-state index in [9.17, 15) is 13.2 Å². The second-order valence-corrected chi connectivity index (χ2v) is 3.19. The summed E-state index contributed by atoms with van der Waals surface area (Å²) in [4.78, 5) is 0. The summed E-state index contributed by atoms with van der Waals surface area (Å²) in [6.07, 6.45) is -4.34. The smallest absolute Gasteiger partial charge is 0.323 e. The van der Waals surface area contributed by atoms with Gasteiger partial charge in [-0.25, -0.2) is 0 Å². The van der Waals surface area contributed by atoms with Gasteiger partial charge in [-0.1, -0.05) is 0 Å². The predicted molar refractivity (Wildman–Crippen MR) is 54.2 cm³/mol. The van der Waals surface area contributed by atoms with Gasteiger partial charge in [0.25, 0.3) is 0 Å². The molecule has 0 aliphatic carbocycles. The fourth-order valence-electron chi connectivity index (χ4n) is 0.812. The van der Waals surface area contributed by atoms with Crippen molar-refractivity contribution in [1.29, 1.82) is 0 Å². The average molecular weight is 291 g/mol. The molecule has 0 aromatic heterocycles.